The molecule has 0 bridgehead atoms. The Hall–Kier alpha value is -4.13. The molecule has 0 N–H and O–H groups in total. The highest BCUT2D eigenvalue weighted by molar-refractivity contribution is 5.78. The van der Waals surface area contributed by atoms with Gasteiger partial charge in [0.2, 0.25) is 0 Å². The first-order valence-corrected chi connectivity index (χ1v) is 14.5. The molecule has 0 atom stereocenters. The number of piperidine rings is 2. The lowest BCUT2D eigenvalue weighted by molar-refractivity contribution is -0.385. The van der Waals surface area contributed by atoms with Gasteiger partial charge >= 0.3 is 0 Å². The normalized spacial score (nSPS) is 16.0. The summed E-state index contributed by atoms with van der Waals surface area (Å²) >= 11 is 0. The zero-order valence-electron chi connectivity index (χ0n) is 25.4. The fourth-order valence-electron chi connectivity index (χ4n) is 4.84. The standard InChI is InChI=1S/C15H20N2O5.C15H22N2O4/c1-11-5-7-16(8-6-11)15(18)10-22-14-9-12(17(19)20)3-4-13(14)21-2;1-12-5-7-16(8-6-12)9-10-21-15-11-13(17(18)19)3-4-14(15)20-2/h3-4,9,11H,5-8,10H2,1-2H3;3-4,11-12H,5-10H2,1-2H3. The minimum Gasteiger partial charge on any atom is -0.493 e. The summed E-state index contributed by atoms with van der Waals surface area (Å²) in [6.07, 6.45) is 4.43. The maximum absolute atomic E-state index is 12.1. The molecule has 2 aromatic rings. The molecule has 0 aromatic heterocycles. The number of rotatable bonds is 11. The van der Waals surface area contributed by atoms with E-state index in [9.17, 15) is 25.0 Å². The number of hydrogen-bond donors (Lipinski definition) is 0. The van der Waals surface area contributed by atoms with Crippen molar-refractivity contribution >= 4 is 17.3 Å². The molecule has 2 heterocycles. The van der Waals surface area contributed by atoms with Gasteiger partial charge in [-0.05, 0) is 62.7 Å². The molecule has 2 aliphatic heterocycles. The predicted octanol–water partition coefficient (Wildman–Crippen LogP) is 4.95. The Bertz CT molecular complexity index is 1230. The second-order valence-corrected chi connectivity index (χ2v) is 10.9. The van der Waals surface area contributed by atoms with E-state index in [2.05, 4.69) is 18.7 Å². The van der Waals surface area contributed by atoms with Gasteiger partial charge in [-0.3, -0.25) is 29.9 Å². The molecule has 1 amide bonds. The van der Waals surface area contributed by atoms with Crippen molar-refractivity contribution in [2.75, 3.05) is 60.2 Å². The van der Waals surface area contributed by atoms with E-state index in [1.165, 1.54) is 57.4 Å². The van der Waals surface area contributed by atoms with Crippen molar-refractivity contribution in [3.05, 3.63) is 56.6 Å². The number of benzene rings is 2. The minimum atomic E-state index is -0.514. The lowest BCUT2D eigenvalue weighted by Gasteiger charge is -2.30. The maximum atomic E-state index is 12.1. The minimum absolute atomic E-state index is 0.0117. The number of likely N-dealkylation sites (tertiary alicyclic amines) is 2. The molecule has 0 unspecified atom stereocenters. The van der Waals surface area contributed by atoms with Crippen LogP contribution in [-0.4, -0.2) is 85.7 Å². The number of carbonyl (C=O) groups is 1. The molecule has 2 aromatic carbocycles. The van der Waals surface area contributed by atoms with Gasteiger partial charge in [0.05, 0.1) is 36.2 Å². The van der Waals surface area contributed by atoms with Crippen LogP contribution >= 0.6 is 0 Å². The molecular weight excluding hydrogens is 560 g/mol. The first-order chi connectivity index (χ1) is 20.6. The fraction of sp³-hybridized carbons (Fsp3) is 0.567. The van der Waals surface area contributed by atoms with Crippen LogP contribution in [0.1, 0.15) is 39.5 Å². The van der Waals surface area contributed by atoms with Gasteiger partial charge in [0, 0.05) is 31.8 Å². The van der Waals surface area contributed by atoms with Crippen LogP contribution in [-0.2, 0) is 4.79 Å². The summed E-state index contributed by atoms with van der Waals surface area (Å²) in [4.78, 5) is 36.9. The number of non-ortho nitro benzene ring substituents is 2. The third kappa shape index (κ3) is 10.3. The van der Waals surface area contributed by atoms with Crippen molar-refractivity contribution in [3.8, 4) is 23.0 Å². The van der Waals surface area contributed by atoms with Crippen LogP contribution in [0.5, 0.6) is 23.0 Å². The zero-order chi connectivity index (χ0) is 31.4. The summed E-state index contributed by atoms with van der Waals surface area (Å²) in [6.45, 7) is 9.29. The molecule has 2 fully saturated rings. The predicted molar refractivity (Wildman–Crippen MR) is 160 cm³/mol. The van der Waals surface area contributed by atoms with E-state index in [-0.39, 0.29) is 29.6 Å². The van der Waals surface area contributed by atoms with E-state index < -0.39 is 9.85 Å². The van der Waals surface area contributed by atoms with E-state index in [4.69, 9.17) is 18.9 Å². The molecule has 2 aliphatic rings. The van der Waals surface area contributed by atoms with Gasteiger partial charge in [-0.25, -0.2) is 0 Å². The van der Waals surface area contributed by atoms with Crippen LogP contribution in [0.25, 0.3) is 0 Å². The van der Waals surface area contributed by atoms with Crippen LogP contribution in [0, 0.1) is 32.1 Å². The van der Waals surface area contributed by atoms with Crippen molar-refractivity contribution in [2.45, 2.75) is 39.5 Å². The Labute approximate surface area is 251 Å². The smallest absolute Gasteiger partial charge is 0.273 e. The maximum Gasteiger partial charge on any atom is 0.273 e. The highest BCUT2D eigenvalue weighted by Crippen LogP contribution is 2.32. The fourth-order valence-corrected chi connectivity index (χ4v) is 4.84. The van der Waals surface area contributed by atoms with Gasteiger partial charge in [0.1, 0.15) is 6.61 Å². The van der Waals surface area contributed by atoms with E-state index in [1.54, 1.807) is 11.0 Å². The van der Waals surface area contributed by atoms with E-state index >= 15 is 0 Å². The lowest BCUT2D eigenvalue weighted by Crippen LogP contribution is -2.40. The zero-order valence-corrected chi connectivity index (χ0v) is 25.4. The Kier molecular flexibility index (Phi) is 12.8. The van der Waals surface area contributed by atoms with Gasteiger partial charge in [-0.2, -0.15) is 0 Å². The summed E-state index contributed by atoms with van der Waals surface area (Å²) in [6, 6.07) is 8.45. The molecule has 2 saturated heterocycles. The number of nitrogens with zero attached hydrogens (tertiary/aromatic N) is 4. The number of ether oxygens (including phenoxy) is 4. The average molecular weight is 603 g/mol. The van der Waals surface area contributed by atoms with E-state index in [0.29, 0.717) is 29.8 Å². The molecule has 13 nitrogen and oxygen atoms in total. The third-order valence-electron chi connectivity index (χ3n) is 7.74. The number of nitro groups is 2. The Morgan fingerprint density at radius 1 is 0.767 bits per heavy atom. The summed E-state index contributed by atoms with van der Waals surface area (Å²) in [7, 11) is 2.97. The lowest BCUT2D eigenvalue weighted by atomic mass is 9.99. The van der Waals surface area contributed by atoms with Crippen molar-refractivity contribution < 1.29 is 33.6 Å². The number of methoxy groups -OCH3 is 2. The second-order valence-electron chi connectivity index (χ2n) is 10.9. The monoisotopic (exact) mass is 602 g/mol. The van der Waals surface area contributed by atoms with Gasteiger partial charge in [0.25, 0.3) is 17.3 Å². The Morgan fingerprint density at radius 2 is 1.23 bits per heavy atom. The van der Waals surface area contributed by atoms with E-state index in [1.807, 2.05) is 0 Å². The molecule has 13 heteroatoms. The largest absolute Gasteiger partial charge is 0.493 e. The van der Waals surface area contributed by atoms with Crippen molar-refractivity contribution in [1.82, 2.24) is 9.80 Å². The number of nitro benzene ring substituents is 2. The first kappa shape index (κ1) is 33.4. The summed E-state index contributed by atoms with van der Waals surface area (Å²) in [5.74, 6) is 2.85. The average Bonchev–Trinajstić information content (AvgIpc) is 3.01. The van der Waals surface area contributed by atoms with Crippen molar-refractivity contribution in [1.29, 1.82) is 0 Å². The van der Waals surface area contributed by atoms with Gasteiger partial charge in [0.15, 0.2) is 29.6 Å². The molecule has 0 aliphatic carbocycles. The highest BCUT2D eigenvalue weighted by atomic mass is 16.6. The molecule has 236 valence electrons. The molecule has 0 spiro atoms. The number of carbonyl (C=O) groups excluding carboxylic acids is 1. The summed E-state index contributed by atoms with van der Waals surface area (Å²) in [5.41, 5.74) is -0.0901. The Balaban J connectivity index is 0.000000236. The summed E-state index contributed by atoms with van der Waals surface area (Å²) in [5, 5.41) is 21.6. The molecular formula is C30H42N4O9. The van der Waals surface area contributed by atoms with Crippen LogP contribution in [0.2, 0.25) is 0 Å². The molecule has 0 radical (unpaired) electrons. The molecule has 4 rings (SSSR count). The van der Waals surface area contributed by atoms with E-state index in [0.717, 1.165) is 51.5 Å². The summed E-state index contributed by atoms with van der Waals surface area (Å²) < 4.78 is 21.4. The SMILES string of the molecule is COc1ccc([N+](=O)[O-])cc1OCC(=O)N1CCC(C)CC1.COc1ccc([N+](=O)[O-])cc1OCCN1CCC(C)CC1. The van der Waals surface area contributed by atoms with Crippen LogP contribution in [0.3, 0.4) is 0 Å². The van der Waals surface area contributed by atoms with Crippen molar-refractivity contribution in [2.24, 2.45) is 11.8 Å². The van der Waals surface area contributed by atoms with Gasteiger partial charge in [-0.15, -0.1) is 0 Å². The topological polar surface area (TPSA) is 147 Å². The number of amides is 1. The van der Waals surface area contributed by atoms with Crippen LogP contribution in [0.4, 0.5) is 11.4 Å². The van der Waals surface area contributed by atoms with Gasteiger partial charge in [-0.1, -0.05) is 13.8 Å². The van der Waals surface area contributed by atoms with Crippen molar-refractivity contribution in [3.63, 3.8) is 0 Å². The highest BCUT2D eigenvalue weighted by Gasteiger charge is 2.22. The molecule has 43 heavy (non-hydrogen) atoms. The third-order valence-corrected chi connectivity index (χ3v) is 7.74. The first-order valence-electron chi connectivity index (χ1n) is 14.5. The van der Waals surface area contributed by atoms with Crippen LogP contribution < -0.4 is 18.9 Å². The van der Waals surface area contributed by atoms with Crippen LogP contribution in [0.15, 0.2) is 36.4 Å². The number of hydrogen-bond acceptors (Lipinski definition) is 10. The quantitative estimate of drug-likeness (QED) is 0.255. The second kappa shape index (κ2) is 16.5. The Morgan fingerprint density at radius 3 is 1.70 bits per heavy atom. The van der Waals surface area contributed by atoms with Gasteiger partial charge < -0.3 is 23.8 Å². The molecule has 0 saturated carbocycles.